The molecule has 0 aliphatic carbocycles. The van der Waals surface area contributed by atoms with Gasteiger partial charge in [0, 0.05) is 23.6 Å². The van der Waals surface area contributed by atoms with Crippen molar-refractivity contribution in [3.8, 4) is 5.75 Å². The van der Waals surface area contributed by atoms with Gasteiger partial charge < -0.3 is 9.15 Å². The van der Waals surface area contributed by atoms with Crippen LogP contribution in [-0.4, -0.2) is 17.1 Å². The monoisotopic (exact) mass is 357 g/mol. The van der Waals surface area contributed by atoms with Crippen molar-refractivity contribution in [2.45, 2.75) is 4.90 Å². The summed E-state index contributed by atoms with van der Waals surface area (Å²) in [5.74, 6) is -0.572. The Morgan fingerprint density at radius 3 is 2.64 bits per heavy atom. The van der Waals surface area contributed by atoms with E-state index in [0.29, 0.717) is 10.3 Å². The first-order chi connectivity index (χ1) is 12.0. The Bertz CT molecular complexity index is 1040. The number of carbonyl (C=O) groups is 1. The van der Waals surface area contributed by atoms with E-state index in [1.54, 1.807) is 24.5 Å². The third-order valence-corrected chi connectivity index (χ3v) is 4.20. The zero-order valence-corrected chi connectivity index (χ0v) is 13.7. The second kappa shape index (κ2) is 6.78. The van der Waals surface area contributed by atoms with Gasteiger partial charge in [-0.05, 0) is 36.6 Å². The van der Waals surface area contributed by atoms with Gasteiger partial charge in [0.15, 0.2) is 0 Å². The smallest absolute Gasteiger partial charge is 0.343 e. The Balaban J connectivity index is 1.90. The van der Waals surface area contributed by atoms with E-state index in [2.05, 4.69) is 0 Å². The van der Waals surface area contributed by atoms with Crippen LogP contribution >= 0.6 is 11.8 Å². The van der Waals surface area contributed by atoms with Crippen LogP contribution in [0.1, 0.15) is 10.4 Å². The predicted molar refractivity (Wildman–Crippen MR) is 92.3 cm³/mol. The molecule has 0 N–H and O–H groups in total. The standard InChI is InChI=1S/C17H11NO6S/c1-25-15-6-3-11(8-13(15)18(21)22)17(20)23-12-5-2-10-4-7-16(19)24-14(10)9-12/h2-9H,1H3. The number of ether oxygens (including phenoxy) is 1. The van der Waals surface area contributed by atoms with Crippen molar-refractivity contribution in [1.82, 2.24) is 0 Å². The summed E-state index contributed by atoms with van der Waals surface area (Å²) in [6.07, 6.45) is 1.71. The van der Waals surface area contributed by atoms with Crippen molar-refractivity contribution in [2.24, 2.45) is 0 Å². The van der Waals surface area contributed by atoms with Crippen molar-refractivity contribution < 1.29 is 18.9 Å². The highest BCUT2D eigenvalue weighted by Crippen LogP contribution is 2.29. The molecule has 1 aromatic heterocycles. The van der Waals surface area contributed by atoms with Gasteiger partial charge in [-0.3, -0.25) is 10.1 Å². The number of nitrogens with zero attached hydrogens (tertiary/aromatic N) is 1. The molecule has 0 saturated heterocycles. The first kappa shape index (κ1) is 16.7. The minimum Gasteiger partial charge on any atom is -0.423 e. The Hall–Kier alpha value is -3.13. The van der Waals surface area contributed by atoms with E-state index < -0.39 is 16.5 Å². The van der Waals surface area contributed by atoms with Gasteiger partial charge in [0.05, 0.1) is 15.4 Å². The summed E-state index contributed by atoms with van der Waals surface area (Å²) in [6.45, 7) is 0. The Labute approximate surface area is 145 Å². The lowest BCUT2D eigenvalue weighted by Gasteiger charge is -2.06. The summed E-state index contributed by atoms with van der Waals surface area (Å²) in [5.41, 5.74) is -0.341. The summed E-state index contributed by atoms with van der Waals surface area (Å²) in [4.78, 5) is 34.5. The molecule has 126 valence electrons. The first-order valence-electron chi connectivity index (χ1n) is 7.06. The highest BCUT2D eigenvalue weighted by molar-refractivity contribution is 7.98. The molecule has 3 aromatic rings. The highest BCUT2D eigenvalue weighted by atomic mass is 32.2. The molecule has 7 nitrogen and oxygen atoms in total. The third-order valence-electron chi connectivity index (χ3n) is 3.42. The maximum Gasteiger partial charge on any atom is 0.343 e. The second-order valence-electron chi connectivity index (χ2n) is 4.99. The van der Waals surface area contributed by atoms with E-state index in [4.69, 9.17) is 9.15 Å². The summed E-state index contributed by atoms with van der Waals surface area (Å²) in [7, 11) is 0. The van der Waals surface area contributed by atoms with Crippen LogP contribution in [0, 0.1) is 10.1 Å². The number of thioether (sulfide) groups is 1. The molecule has 0 radical (unpaired) electrons. The molecular weight excluding hydrogens is 346 g/mol. The molecule has 0 unspecified atom stereocenters. The van der Waals surface area contributed by atoms with Crippen LogP contribution in [0.3, 0.4) is 0 Å². The molecule has 0 bridgehead atoms. The molecule has 0 atom stereocenters. The van der Waals surface area contributed by atoms with Crippen LogP contribution in [0.2, 0.25) is 0 Å². The normalized spacial score (nSPS) is 10.6. The minimum atomic E-state index is -0.742. The second-order valence-corrected chi connectivity index (χ2v) is 5.84. The molecule has 3 rings (SSSR count). The van der Waals surface area contributed by atoms with E-state index in [9.17, 15) is 19.7 Å². The highest BCUT2D eigenvalue weighted by Gasteiger charge is 2.18. The molecule has 0 amide bonds. The lowest BCUT2D eigenvalue weighted by molar-refractivity contribution is -0.387. The van der Waals surface area contributed by atoms with Gasteiger partial charge in [-0.15, -0.1) is 11.8 Å². The topological polar surface area (TPSA) is 99.7 Å². The predicted octanol–water partition coefficient (Wildman–Crippen LogP) is 3.64. The van der Waals surface area contributed by atoms with Crippen molar-refractivity contribution in [2.75, 3.05) is 6.26 Å². The largest absolute Gasteiger partial charge is 0.423 e. The molecule has 0 aliphatic rings. The zero-order chi connectivity index (χ0) is 18.0. The number of benzene rings is 2. The summed E-state index contributed by atoms with van der Waals surface area (Å²) in [6, 6.07) is 11.6. The average molecular weight is 357 g/mol. The van der Waals surface area contributed by atoms with Crippen LogP contribution in [-0.2, 0) is 0 Å². The van der Waals surface area contributed by atoms with E-state index in [1.165, 1.54) is 42.1 Å². The SMILES string of the molecule is CSc1ccc(C(=O)Oc2ccc3ccc(=O)oc3c2)cc1[N+](=O)[O-]. The number of nitro benzene ring substituents is 1. The van der Waals surface area contributed by atoms with Gasteiger partial charge in [-0.2, -0.15) is 0 Å². The number of carbonyl (C=O) groups excluding carboxylic acids is 1. The fraction of sp³-hybridized carbons (Fsp3) is 0.0588. The van der Waals surface area contributed by atoms with Gasteiger partial charge in [-0.1, -0.05) is 0 Å². The van der Waals surface area contributed by atoms with Crippen LogP contribution in [0.15, 0.2) is 62.6 Å². The van der Waals surface area contributed by atoms with E-state index in [-0.39, 0.29) is 22.6 Å². The lowest BCUT2D eigenvalue weighted by atomic mass is 10.2. The van der Waals surface area contributed by atoms with E-state index in [0.717, 1.165) is 0 Å². The van der Waals surface area contributed by atoms with Gasteiger partial charge in [0.25, 0.3) is 5.69 Å². The number of esters is 1. The van der Waals surface area contributed by atoms with Crippen molar-refractivity contribution in [1.29, 1.82) is 0 Å². The molecule has 0 saturated carbocycles. The van der Waals surface area contributed by atoms with Gasteiger partial charge in [0.2, 0.25) is 0 Å². The number of fused-ring (bicyclic) bond motifs is 1. The van der Waals surface area contributed by atoms with Crippen LogP contribution in [0.25, 0.3) is 11.0 Å². The Morgan fingerprint density at radius 2 is 1.92 bits per heavy atom. The molecule has 0 fully saturated rings. The molecule has 1 heterocycles. The van der Waals surface area contributed by atoms with Crippen LogP contribution < -0.4 is 10.4 Å². The number of nitro groups is 1. The Morgan fingerprint density at radius 1 is 1.16 bits per heavy atom. The van der Waals surface area contributed by atoms with Crippen molar-refractivity contribution in [3.63, 3.8) is 0 Å². The maximum absolute atomic E-state index is 12.2. The quantitative estimate of drug-likeness (QED) is 0.175. The number of hydrogen-bond donors (Lipinski definition) is 0. The van der Waals surface area contributed by atoms with Gasteiger partial charge >= 0.3 is 11.6 Å². The maximum atomic E-state index is 12.2. The van der Waals surface area contributed by atoms with Crippen LogP contribution in [0.4, 0.5) is 5.69 Å². The molecule has 2 aromatic carbocycles. The minimum absolute atomic E-state index is 0.0547. The van der Waals surface area contributed by atoms with Gasteiger partial charge in [-0.25, -0.2) is 9.59 Å². The average Bonchev–Trinajstić information content (AvgIpc) is 2.60. The van der Waals surface area contributed by atoms with Gasteiger partial charge in [0.1, 0.15) is 11.3 Å². The molecule has 0 spiro atoms. The zero-order valence-electron chi connectivity index (χ0n) is 12.9. The van der Waals surface area contributed by atoms with Crippen molar-refractivity contribution >= 4 is 34.4 Å². The molecular formula is C17H11NO6S. The van der Waals surface area contributed by atoms with Crippen molar-refractivity contribution in [3.05, 3.63) is 74.6 Å². The fourth-order valence-corrected chi connectivity index (χ4v) is 2.78. The molecule has 25 heavy (non-hydrogen) atoms. The summed E-state index contributed by atoms with van der Waals surface area (Å²) >= 11 is 1.22. The third kappa shape index (κ3) is 3.53. The lowest BCUT2D eigenvalue weighted by Crippen LogP contribution is -2.09. The van der Waals surface area contributed by atoms with E-state index in [1.807, 2.05) is 0 Å². The Kier molecular flexibility index (Phi) is 4.53. The summed E-state index contributed by atoms with van der Waals surface area (Å²) < 4.78 is 10.3. The molecule has 0 aliphatic heterocycles. The fourth-order valence-electron chi connectivity index (χ4n) is 2.23. The first-order valence-corrected chi connectivity index (χ1v) is 8.29. The number of rotatable bonds is 4. The summed E-state index contributed by atoms with van der Waals surface area (Å²) in [5, 5.41) is 11.8. The van der Waals surface area contributed by atoms with Crippen LogP contribution in [0.5, 0.6) is 5.75 Å². The molecule has 8 heteroatoms. The van der Waals surface area contributed by atoms with E-state index >= 15 is 0 Å². The number of hydrogen-bond acceptors (Lipinski definition) is 7.